The molecule has 1 aromatic heterocycles. The first kappa shape index (κ1) is 14.0. The Hall–Kier alpha value is -1.40. The minimum Gasteiger partial charge on any atom is -0.406 e. The maximum atomic E-state index is 5.51. The molecule has 0 atom stereocenters. The van der Waals surface area contributed by atoms with Crippen LogP contribution in [0.25, 0.3) is 0 Å². The maximum Gasteiger partial charge on any atom is 0.320 e. The van der Waals surface area contributed by atoms with Gasteiger partial charge < -0.3 is 15.1 Å². The highest BCUT2D eigenvalue weighted by atomic mass is 79.9. The largest absolute Gasteiger partial charge is 0.406 e. The molecular formula is C13H17BrN4O. The van der Waals surface area contributed by atoms with Crippen molar-refractivity contribution in [2.45, 2.75) is 32.9 Å². The third-order valence-electron chi connectivity index (χ3n) is 2.31. The maximum absolute atomic E-state index is 5.51. The molecule has 0 saturated heterocycles. The normalized spacial score (nSPS) is 11.6. The van der Waals surface area contributed by atoms with Gasteiger partial charge in [0, 0.05) is 15.7 Å². The van der Waals surface area contributed by atoms with Crippen molar-refractivity contribution in [3.8, 4) is 0 Å². The zero-order valence-electron chi connectivity index (χ0n) is 11.2. The van der Waals surface area contributed by atoms with E-state index in [1.807, 2.05) is 24.3 Å². The lowest BCUT2D eigenvalue weighted by Crippen LogP contribution is -2.35. The Morgan fingerprint density at radius 3 is 2.74 bits per heavy atom. The van der Waals surface area contributed by atoms with E-state index in [2.05, 4.69) is 57.5 Å². The van der Waals surface area contributed by atoms with Crippen LogP contribution in [0.4, 0.5) is 11.7 Å². The summed E-state index contributed by atoms with van der Waals surface area (Å²) in [6.45, 7) is 6.81. The highest BCUT2D eigenvalue weighted by Crippen LogP contribution is 2.19. The van der Waals surface area contributed by atoms with Crippen LogP contribution in [0.3, 0.4) is 0 Å². The van der Waals surface area contributed by atoms with Gasteiger partial charge in [0.25, 0.3) is 0 Å². The van der Waals surface area contributed by atoms with Crippen LogP contribution in [0.2, 0.25) is 0 Å². The summed E-state index contributed by atoms with van der Waals surface area (Å²) in [6.07, 6.45) is 0. The summed E-state index contributed by atoms with van der Waals surface area (Å²) in [5.74, 6) is 0.562. The number of benzene rings is 1. The predicted octanol–water partition coefficient (Wildman–Crippen LogP) is 3.46. The van der Waals surface area contributed by atoms with Crippen LogP contribution in [0.1, 0.15) is 26.7 Å². The molecule has 1 aromatic carbocycles. The molecule has 2 aromatic rings. The van der Waals surface area contributed by atoms with Crippen molar-refractivity contribution in [3.05, 3.63) is 34.6 Å². The summed E-state index contributed by atoms with van der Waals surface area (Å²) < 4.78 is 6.50. The third-order valence-corrected chi connectivity index (χ3v) is 2.81. The van der Waals surface area contributed by atoms with Crippen LogP contribution in [-0.2, 0) is 6.54 Å². The average Bonchev–Trinajstić information content (AvgIpc) is 2.73. The van der Waals surface area contributed by atoms with Gasteiger partial charge in [-0.3, -0.25) is 0 Å². The van der Waals surface area contributed by atoms with E-state index in [0.29, 0.717) is 18.5 Å². The number of rotatable bonds is 4. The summed E-state index contributed by atoms with van der Waals surface area (Å²) in [6, 6.07) is 8.16. The highest BCUT2D eigenvalue weighted by Gasteiger charge is 2.12. The molecule has 1 heterocycles. The lowest BCUT2D eigenvalue weighted by atomic mass is 10.1. The smallest absolute Gasteiger partial charge is 0.320 e. The van der Waals surface area contributed by atoms with E-state index < -0.39 is 0 Å². The van der Waals surface area contributed by atoms with Crippen LogP contribution < -0.4 is 10.6 Å². The lowest BCUT2D eigenvalue weighted by molar-refractivity contribution is 0.384. The second kappa shape index (κ2) is 5.71. The Morgan fingerprint density at radius 1 is 1.26 bits per heavy atom. The Kier molecular flexibility index (Phi) is 4.21. The third kappa shape index (κ3) is 4.65. The second-order valence-electron chi connectivity index (χ2n) is 5.24. The number of nitrogens with one attached hydrogen (secondary N) is 2. The SMILES string of the molecule is CC(C)(C)NCc1nnc(Nc2cccc(Br)c2)o1. The number of nitrogens with zero attached hydrogens (tertiary/aromatic N) is 2. The van der Waals surface area contributed by atoms with Gasteiger partial charge in [-0.15, -0.1) is 5.10 Å². The minimum atomic E-state index is 0.0202. The monoisotopic (exact) mass is 324 g/mol. The van der Waals surface area contributed by atoms with E-state index in [4.69, 9.17) is 4.42 Å². The molecule has 0 amide bonds. The summed E-state index contributed by atoms with van der Waals surface area (Å²) >= 11 is 3.41. The lowest BCUT2D eigenvalue weighted by Gasteiger charge is -2.18. The Morgan fingerprint density at radius 2 is 2.05 bits per heavy atom. The van der Waals surface area contributed by atoms with E-state index in [1.165, 1.54) is 0 Å². The van der Waals surface area contributed by atoms with Gasteiger partial charge in [0.2, 0.25) is 5.89 Å². The fourth-order valence-electron chi connectivity index (χ4n) is 1.41. The molecule has 2 N–H and O–H groups in total. The molecule has 0 spiro atoms. The minimum absolute atomic E-state index is 0.0202. The van der Waals surface area contributed by atoms with Gasteiger partial charge in [-0.2, -0.15) is 0 Å². The molecule has 0 radical (unpaired) electrons. The van der Waals surface area contributed by atoms with Gasteiger partial charge in [-0.1, -0.05) is 27.1 Å². The highest BCUT2D eigenvalue weighted by molar-refractivity contribution is 9.10. The Balaban J connectivity index is 1.97. The van der Waals surface area contributed by atoms with Crippen LogP contribution in [-0.4, -0.2) is 15.7 Å². The number of hydrogen-bond acceptors (Lipinski definition) is 5. The van der Waals surface area contributed by atoms with Gasteiger partial charge in [0.15, 0.2) is 0 Å². The fraction of sp³-hybridized carbons (Fsp3) is 0.385. The zero-order chi connectivity index (χ0) is 13.9. The second-order valence-corrected chi connectivity index (χ2v) is 6.16. The first-order valence-electron chi connectivity index (χ1n) is 6.02. The first-order chi connectivity index (χ1) is 8.92. The molecule has 5 nitrogen and oxygen atoms in total. The molecular weight excluding hydrogens is 308 g/mol. The van der Waals surface area contributed by atoms with Gasteiger partial charge in [-0.25, -0.2) is 0 Å². The van der Waals surface area contributed by atoms with Crippen molar-refractivity contribution >= 4 is 27.6 Å². The topological polar surface area (TPSA) is 63.0 Å². The van der Waals surface area contributed by atoms with E-state index in [0.717, 1.165) is 10.2 Å². The summed E-state index contributed by atoms with van der Waals surface area (Å²) in [5.41, 5.74) is 0.917. The molecule has 0 aliphatic carbocycles. The van der Waals surface area contributed by atoms with Crippen molar-refractivity contribution in [2.75, 3.05) is 5.32 Å². The van der Waals surface area contributed by atoms with Gasteiger partial charge in [0.1, 0.15) is 0 Å². The van der Waals surface area contributed by atoms with Crippen LogP contribution in [0.5, 0.6) is 0 Å². The molecule has 0 unspecified atom stereocenters. The summed E-state index contributed by atoms with van der Waals surface area (Å²) in [7, 11) is 0. The fourth-order valence-corrected chi connectivity index (χ4v) is 1.81. The van der Waals surface area contributed by atoms with Gasteiger partial charge in [0.05, 0.1) is 6.54 Å². The van der Waals surface area contributed by atoms with Crippen LogP contribution >= 0.6 is 15.9 Å². The van der Waals surface area contributed by atoms with E-state index in [9.17, 15) is 0 Å². The Bertz CT molecular complexity index is 548. The quantitative estimate of drug-likeness (QED) is 0.901. The summed E-state index contributed by atoms with van der Waals surface area (Å²) in [4.78, 5) is 0. The zero-order valence-corrected chi connectivity index (χ0v) is 12.8. The van der Waals surface area contributed by atoms with Crippen molar-refractivity contribution in [2.24, 2.45) is 0 Å². The van der Waals surface area contributed by atoms with Gasteiger partial charge >= 0.3 is 6.01 Å². The molecule has 19 heavy (non-hydrogen) atoms. The van der Waals surface area contributed by atoms with Crippen molar-refractivity contribution in [3.63, 3.8) is 0 Å². The number of halogens is 1. The molecule has 0 fully saturated rings. The summed E-state index contributed by atoms with van der Waals surface area (Å²) in [5, 5.41) is 14.3. The first-order valence-corrected chi connectivity index (χ1v) is 6.82. The number of aromatic nitrogens is 2. The molecule has 0 bridgehead atoms. The van der Waals surface area contributed by atoms with Crippen LogP contribution in [0, 0.1) is 0 Å². The molecule has 2 rings (SSSR count). The Labute approximate surface area is 120 Å². The molecule has 0 aliphatic rings. The molecule has 0 saturated carbocycles. The molecule has 0 aliphatic heterocycles. The van der Waals surface area contributed by atoms with E-state index >= 15 is 0 Å². The standard InChI is InChI=1S/C13H17BrN4O/c1-13(2,3)15-8-11-17-18-12(19-11)16-10-6-4-5-9(14)7-10/h4-7,15H,8H2,1-3H3,(H,16,18). The average molecular weight is 325 g/mol. The number of anilines is 2. The van der Waals surface area contributed by atoms with Crippen molar-refractivity contribution < 1.29 is 4.42 Å². The van der Waals surface area contributed by atoms with E-state index in [-0.39, 0.29) is 5.54 Å². The number of hydrogen-bond donors (Lipinski definition) is 2. The molecule has 6 heteroatoms. The van der Waals surface area contributed by atoms with Gasteiger partial charge in [-0.05, 0) is 39.0 Å². The molecule has 102 valence electrons. The van der Waals surface area contributed by atoms with E-state index in [1.54, 1.807) is 0 Å². The van der Waals surface area contributed by atoms with Crippen LogP contribution in [0.15, 0.2) is 33.2 Å². The van der Waals surface area contributed by atoms with Crippen molar-refractivity contribution in [1.29, 1.82) is 0 Å². The predicted molar refractivity (Wildman–Crippen MR) is 78.3 cm³/mol. The van der Waals surface area contributed by atoms with Crippen molar-refractivity contribution in [1.82, 2.24) is 15.5 Å².